The van der Waals surface area contributed by atoms with Crippen LogP contribution in [0.4, 0.5) is 0 Å². The number of hydrogen-bond donors (Lipinski definition) is 1. The molecule has 1 saturated heterocycles. The molecule has 0 aliphatic carbocycles. The van der Waals surface area contributed by atoms with Crippen LogP contribution in [0.5, 0.6) is 0 Å². The molecular formula is C13H15NO3. The highest BCUT2D eigenvalue weighted by Gasteiger charge is 2.25. The molecule has 1 aromatic carbocycles. The minimum absolute atomic E-state index is 0.300. The zero-order valence-corrected chi connectivity index (χ0v) is 9.57. The van der Waals surface area contributed by atoms with Crippen LogP contribution in [0.3, 0.4) is 0 Å². The second-order valence-corrected chi connectivity index (χ2v) is 4.00. The van der Waals surface area contributed by atoms with Gasteiger partial charge in [0.1, 0.15) is 0 Å². The van der Waals surface area contributed by atoms with Crippen molar-refractivity contribution < 1.29 is 14.3 Å². The van der Waals surface area contributed by atoms with Gasteiger partial charge in [-0.1, -0.05) is 12.1 Å². The van der Waals surface area contributed by atoms with Gasteiger partial charge in [0.2, 0.25) is 0 Å². The summed E-state index contributed by atoms with van der Waals surface area (Å²) in [6.07, 6.45) is 3.93. The van der Waals surface area contributed by atoms with Gasteiger partial charge in [-0.2, -0.15) is 0 Å². The van der Waals surface area contributed by atoms with Crippen molar-refractivity contribution in [2.24, 2.45) is 0 Å². The smallest absolute Gasteiger partial charge is 0.258 e. The standard InChI is InChI=1S/C8H5NO2.C5H10O/c10-7-5-3-1-2-4-6(5)8(11)9-7;1-2-4-6-5-3-1/h1-4H,(H,9,10,11);1-5H2. The van der Waals surface area contributed by atoms with Gasteiger partial charge >= 0.3 is 0 Å². The lowest BCUT2D eigenvalue weighted by Gasteiger charge is -2.08. The average molecular weight is 233 g/mol. The highest BCUT2D eigenvalue weighted by molar-refractivity contribution is 6.21. The van der Waals surface area contributed by atoms with E-state index in [0.717, 1.165) is 13.2 Å². The van der Waals surface area contributed by atoms with Gasteiger partial charge in [-0.3, -0.25) is 14.9 Å². The first-order chi connectivity index (χ1) is 8.29. The van der Waals surface area contributed by atoms with E-state index in [1.807, 2.05) is 0 Å². The number of fused-ring (bicyclic) bond motifs is 1. The Morgan fingerprint density at radius 3 is 1.76 bits per heavy atom. The predicted molar refractivity (Wildman–Crippen MR) is 62.9 cm³/mol. The van der Waals surface area contributed by atoms with Gasteiger partial charge in [0.25, 0.3) is 11.8 Å². The van der Waals surface area contributed by atoms with Gasteiger partial charge in [0.15, 0.2) is 0 Å². The number of rotatable bonds is 0. The number of nitrogens with one attached hydrogen (secondary N) is 1. The number of carbonyl (C=O) groups excluding carboxylic acids is 2. The molecule has 0 atom stereocenters. The predicted octanol–water partition coefficient (Wildman–Crippen LogP) is 1.76. The van der Waals surface area contributed by atoms with Crippen molar-refractivity contribution in [1.29, 1.82) is 0 Å². The van der Waals surface area contributed by atoms with Gasteiger partial charge < -0.3 is 4.74 Å². The molecule has 2 amide bonds. The third-order valence-corrected chi connectivity index (χ3v) is 2.72. The van der Waals surface area contributed by atoms with Crippen LogP contribution < -0.4 is 5.32 Å². The Labute approximate surface area is 100.0 Å². The molecule has 2 aliphatic heterocycles. The molecule has 4 heteroatoms. The lowest BCUT2D eigenvalue weighted by molar-refractivity contribution is 0.0879. The maximum atomic E-state index is 10.9. The van der Waals surface area contributed by atoms with Crippen LogP contribution in [0.25, 0.3) is 0 Å². The Hall–Kier alpha value is -1.68. The molecule has 1 aromatic rings. The fraction of sp³-hybridized carbons (Fsp3) is 0.385. The van der Waals surface area contributed by atoms with Crippen molar-refractivity contribution in [3.63, 3.8) is 0 Å². The molecule has 3 rings (SSSR count). The van der Waals surface area contributed by atoms with Gasteiger partial charge in [0, 0.05) is 13.2 Å². The summed E-state index contributed by atoms with van der Waals surface area (Å²) in [4.78, 5) is 21.9. The maximum Gasteiger partial charge on any atom is 0.258 e. The normalized spacial score (nSPS) is 17.9. The number of imide groups is 1. The molecule has 0 radical (unpaired) electrons. The SMILES string of the molecule is C1CCOCC1.O=C1NC(=O)c2ccccc21. The highest BCUT2D eigenvalue weighted by atomic mass is 16.5. The number of carbonyl (C=O) groups is 2. The van der Waals surface area contributed by atoms with E-state index < -0.39 is 0 Å². The first kappa shape index (κ1) is 11.8. The zero-order valence-electron chi connectivity index (χ0n) is 9.57. The molecule has 1 fully saturated rings. The van der Waals surface area contributed by atoms with Crippen molar-refractivity contribution >= 4 is 11.8 Å². The van der Waals surface area contributed by atoms with Crippen LogP contribution in [0.1, 0.15) is 40.0 Å². The summed E-state index contributed by atoms with van der Waals surface area (Å²) in [7, 11) is 0. The minimum Gasteiger partial charge on any atom is -0.381 e. The Morgan fingerprint density at radius 1 is 0.882 bits per heavy atom. The lowest BCUT2D eigenvalue weighted by atomic mass is 10.1. The van der Waals surface area contributed by atoms with E-state index in [-0.39, 0.29) is 11.8 Å². The van der Waals surface area contributed by atoms with Crippen molar-refractivity contribution in [2.45, 2.75) is 19.3 Å². The number of benzene rings is 1. The molecule has 2 aliphatic rings. The molecule has 4 nitrogen and oxygen atoms in total. The molecule has 2 heterocycles. The number of amides is 2. The molecule has 90 valence electrons. The molecule has 0 saturated carbocycles. The zero-order chi connectivity index (χ0) is 12.1. The van der Waals surface area contributed by atoms with Gasteiger partial charge in [-0.05, 0) is 31.4 Å². The maximum absolute atomic E-state index is 10.9. The molecule has 0 unspecified atom stereocenters. The van der Waals surface area contributed by atoms with Crippen LogP contribution >= 0.6 is 0 Å². The lowest BCUT2D eigenvalue weighted by Crippen LogP contribution is -2.19. The summed E-state index contributed by atoms with van der Waals surface area (Å²) < 4.78 is 5.07. The quantitative estimate of drug-likeness (QED) is 0.695. The Morgan fingerprint density at radius 2 is 1.41 bits per heavy atom. The summed E-state index contributed by atoms with van der Waals surface area (Å²) in [5.74, 6) is -0.601. The van der Waals surface area contributed by atoms with Gasteiger partial charge in [0.05, 0.1) is 11.1 Å². The van der Waals surface area contributed by atoms with E-state index >= 15 is 0 Å². The Bertz CT molecular complexity index is 380. The number of ether oxygens (including phenoxy) is 1. The topological polar surface area (TPSA) is 55.4 Å². The fourth-order valence-corrected chi connectivity index (χ4v) is 1.80. The second-order valence-electron chi connectivity index (χ2n) is 4.00. The van der Waals surface area contributed by atoms with Crippen molar-refractivity contribution in [2.75, 3.05) is 13.2 Å². The van der Waals surface area contributed by atoms with Crippen LogP contribution in [0.15, 0.2) is 24.3 Å². The number of hydrogen-bond acceptors (Lipinski definition) is 3. The highest BCUT2D eigenvalue weighted by Crippen LogP contribution is 2.13. The molecular weight excluding hydrogens is 218 g/mol. The molecule has 0 aromatic heterocycles. The minimum atomic E-state index is -0.300. The van der Waals surface area contributed by atoms with Crippen LogP contribution in [-0.2, 0) is 4.74 Å². The van der Waals surface area contributed by atoms with E-state index in [1.54, 1.807) is 24.3 Å². The Kier molecular flexibility index (Phi) is 3.88. The summed E-state index contributed by atoms with van der Waals surface area (Å²) in [6.45, 7) is 2.00. The van der Waals surface area contributed by atoms with E-state index in [1.165, 1.54) is 19.3 Å². The first-order valence-electron chi connectivity index (χ1n) is 5.81. The van der Waals surface area contributed by atoms with E-state index in [0.29, 0.717) is 11.1 Å². The third kappa shape index (κ3) is 2.91. The van der Waals surface area contributed by atoms with Crippen molar-refractivity contribution in [1.82, 2.24) is 5.32 Å². The van der Waals surface area contributed by atoms with Crippen molar-refractivity contribution in [3.8, 4) is 0 Å². The third-order valence-electron chi connectivity index (χ3n) is 2.72. The summed E-state index contributed by atoms with van der Waals surface area (Å²) in [5, 5.41) is 2.20. The Balaban J connectivity index is 0.000000153. The molecule has 17 heavy (non-hydrogen) atoms. The van der Waals surface area contributed by atoms with E-state index in [9.17, 15) is 9.59 Å². The van der Waals surface area contributed by atoms with E-state index in [2.05, 4.69) is 5.32 Å². The first-order valence-corrected chi connectivity index (χ1v) is 5.81. The molecule has 0 spiro atoms. The summed E-state index contributed by atoms with van der Waals surface area (Å²) in [5.41, 5.74) is 0.940. The summed E-state index contributed by atoms with van der Waals surface area (Å²) >= 11 is 0. The van der Waals surface area contributed by atoms with E-state index in [4.69, 9.17) is 4.74 Å². The summed E-state index contributed by atoms with van der Waals surface area (Å²) in [6, 6.07) is 6.74. The second kappa shape index (κ2) is 5.59. The fourth-order valence-electron chi connectivity index (χ4n) is 1.80. The van der Waals surface area contributed by atoms with Crippen LogP contribution in [-0.4, -0.2) is 25.0 Å². The van der Waals surface area contributed by atoms with Crippen LogP contribution in [0, 0.1) is 0 Å². The van der Waals surface area contributed by atoms with Gasteiger partial charge in [-0.25, -0.2) is 0 Å². The largest absolute Gasteiger partial charge is 0.381 e. The molecule has 1 N–H and O–H groups in total. The van der Waals surface area contributed by atoms with Gasteiger partial charge in [-0.15, -0.1) is 0 Å². The average Bonchev–Trinajstić information content (AvgIpc) is 2.69. The van der Waals surface area contributed by atoms with Crippen LogP contribution in [0.2, 0.25) is 0 Å². The molecule has 0 bridgehead atoms. The monoisotopic (exact) mass is 233 g/mol. The van der Waals surface area contributed by atoms with Crippen molar-refractivity contribution in [3.05, 3.63) is 35.4 Å².